The van der Waals surface area contributed by atoms with Gasteiger partial charge in [-0.15, -0.1) is 11.3 Å². The Kier molecular flexibility index (Phi) is 6.05. The van der Waals surface area contributed by atoms with Gasteiger partial charge in [0.15, 0.2) is 0 Å². The zero-order valence-corrected chi connectivity index (χ0v) is 26.7. The topological polar surface area (TPSA) is 30.7 Å². The van der Waals surface area contributed by atoms with Crippen LogP contribution in [0, 0.1) is 0 Å². The quantitative estimate of drug-likeness (QED) is 0.194. The third-order valence-electron chi connectivity index (χ3n) is 9.45. The number of aromatic nitrogens is 3. The maximum absolute atomic E-state index is 4.77. The predicted octanol–water partition coefficient (Wildman–Crippen LogP) is 12.1. The van der Waals surface area contributed by atoms with Crippen LogP contribution in [0.1, 0.15) is 0 Å². The highest BCUT2D eigenvalue weighted by Gasteiger charge is 2.16. The number of benzene rings is 6. The molecule has 224 valence electrons. The van der Waals surface area contributed by atoms with Gasteiger partial charge in [0, 0.05) is 60.3 Å². The van der Waals surface area contributed by atoms with E-state index in [0.29, 0.717) is 0 Å². The molecule has 4 heteroatoms. The Labute approximate surface area is 281 Å². The average molecular weight is 630 g/mol. The summed E-state index contributed by atoms with van der Waals surface area (Å²) in [7, 11) is 0. The summed E-state index contributed by atoms with van der Waals surface area (Å²) in [6.45, 7) is 0. The van der Waals surface area contributed by atoms with Crippen molar-refractivity contribution in [2.75, 3.05) is 0 Å². The molecule has 4 heterocycles. The fraction of sp³-hybridized carbons (Fsp3) is 0. The largest absolute Gasteiger partial charge is 0.309 e. The lowest BCUT2D eigenvalue weighted by molar-refractivity contribution is 1.18. The van der Waals surface area contributed by atoms with Crippen LogP contribution in [0.5, 0.6) is 0 Å². The van der Waals surface area contributed by atoms with Crippen LogP contribution < -0.4 is 0 Å². The molecule has 0 aliphatic carbocycles. The van der Waals surface area contributed by atoms with E-state index in [1.54, 1.807) is 0 Å². The van der Waals surface area contributed by atoms with Crippen LogP contribution in [0.3, 0.4) is 0 Å². The second-order valence-electron chi connectivity index (χ2n) is 12.3. The molecule has 0 amide bonds. The number of para-hydroxylation sites is 2. The van der Waals surface area contributed by atoms with E-state index in [4.69, 9.17) is 9.97 Å². The second kappa shape index (κ2) is 10.7. The van der Waals surface area contributed by atoms with Crippen molar-refractivity contribution >= 4 is 65.0 Å². The fourth-order valence-electron chi connectivity index (χ4n) is 7.02. The molecule has 3 nitrogen and oxygen atoms in total. The molecule has 0 aliphatic rings. The highest BCUT2D eigenvalue weighted by atomic mass is 32.1. The Morgan fingerprint density at radius 2 is 0.938 bits per heavy atom. The van der Waals surface area contributed by atoms with Crippen LogP contribution in [0.4, 0.5) is 0 Å². The molecular formula is C44H27N3S. The van der Waals surface area contributed by atoms with E-state index in [1.165, 1.54) is 42.3 Å². The Balaban J connectivity index is 1.15. The third-order valence-corrected chi connectivity index (χ3v) is 10.6. The van der Waals surface area contributed by atoms with Crippen molar-refractivity contribution in [3.63, 3.8) is 0 Å². The van der Waals surface area contributed by atoms with Crippen molar-refractivity contribution in [1.29, 1.82) is 0 Å². The zero-order valence-electron chi connectivity index (χ0n) is 25.8. The minimum atomic E-state index is 1.01. The summed E-state index contributed by atoms with van der Waals surface area (Å²) in [5, 5.41) is 5.99. The van der Waals surface area contributed by atoms with Gasteiger partial charge in [-0.1, -0.05) is 78.9 Å². The standard InChI is InChI=1S/C44H27N3S/c1-4-10-39-31(7-1)21-34(26-45-39)29-15-19-41-37(23-29)38-24-30(35-22-32-8-2-5-11-40(32)46-27-35)16-20-42(38)47(41)36-17-13-28(14-18-36)44-25-33-9-3-6-12-43(33)48-44/h1-27H. The number of rotatable bonds is 4. The third kappa shape index (κ3) is 4.42. The molecule has 6 aromatic carbocycles. The Morgan fingerprint density at radius 3 is 1.52 bits per heavy atom. The molecule has 0 bridgehead atoms. The first kappa shape index (κ1) is 27.1. The Bertz CT molecular complexity index is 2670. The first-order valence-electron chi connectivity index (χ1n) is 16.1. The molecule has 0 radical (unpaired) electrons. The Morgan fingerprint density at radius 1 is 0.417 bits per heavy atom. The first-order chi connectivity index (χ1) is 23.7. The average Bonchev–Trinajstić information content (AvgIpc) is 3.73. The summed E-state index contributed by atoms with van der Waals surface area (Å²) in [6.07, 6.45) is 3.98. The van der Waals surface area contributed by atoms with Crippen molar-refractivity contribution in [2.24, 2.45) is 0 Å². The normalized spacial score (nSPS) is 11.8. The number of hydrogen-bond acceptors (Lipinski definition) is 3. The maximum Gasteiger partial charge on any atom is 0.0702 e. The molecular weight excluding hydrogens is 603 g/mol. The summed E-state index contributed by atoms with van der Waals surface area (Å²) >= 11 is 1.84. The second-order valence-corrected chi connectivity index (χ2v) is 13.4. The molecule has 10 aromatic rings. The van der Waals surface area contributed by atoms with Gasteiger partial charge in [-0.2, -0.15) is 0 Å². The highest BCUT2D eigenvalue weighted by Crippen LogP contribution is 2.39. The molecule has 0 unspecified atom stereocenters. The van der Waals surface area contributed by atoms with Crippen molar-refractivity contribution < 1.29 is 0 Å². The van der Waals surface area contributed by atoms with Gasteiger partial charge < -0.3 is 4.57 Å². The van der Waals surface area contributed by atoms with Gasteiger partial charge in [0.1, 0.15) is 0 Å². The van der Waals surface area contributed by atoms with E-state index in [2.05, 4.69) is 144 Å². The molecule has 0 atom stereocenters. The van der Waals surface area contributed by atoms with Gasteiger partial charge in [0.2, 0.25) is 0 Å². The molecule has 0 spiro atoms. The maximum atomic E-state index is 4.77. The number of thiophene rings is 1. The minimum absolute atomic E-state index is 1.01. The molecule has 0 fully saturated rings. The van der Waals surface area contributed by atoms with Crippen LogP contribution in [-0.2, 0) is 0 Å². The summed E-state index contributed by atoms with van der Waals surface area (Å²) < 4.78 is 3.71. The summed E-state index contributed by atoms with van der Waals surface area (Å²) in [6, 6.07) is 54.6. The van der Waals surface area contributed by atoms with E-state index < -0.39 is 0 Å². The van der Waals surface area contributed by atoms with Crippen LogP contribution >= 0.6 is 11.3 Å². The van der Waals surface area contributed by atoms with Crippen molar-refractivity contribution in [3.05, 3.63) is 164 Å². The summed E-state index contributed by atoms with van der Waals surface area (Å²) in [5.41, 5.74) is 11.3. The number of hydrogen-bond donors (Lipinski definition) is 0. The zero-order chi connectivity index (χ0) is 31.6. The van der Waals surface area contributed by atoms with Crippen LogP contribution in [0.2, 0.25) is 0 Å². The van der Waals surface area contributed by atoms with Crippen LogP contribution in [0.25, 0.3) is 92.1 Å². The number of pyridine rings is 2. The molecule has 48 heavy (non-hydrogen) atoms. The minimum Gasteiger partial charge on any atom is -0.309 e. The van der Waals surface area contributed by atoms with E-state index in [-0.39, 0.29) is 0 Å². The van der Waals surface area contributed by atoms with Crippen molar-refractivity contribution in [2.45, 2.75) is 0 Å². The predicted molar refractivity (Wildman–Crippen MR) is 203 cm³/mol. The van der Waals surface area contributed by atoms with Gasteiger partial charge in [0.25, 0.3) is 0 Å². The number of fused-ring (bicyclic) bond motifs is 6. The van der Waals surface area contributed by atoms with Gasteiger partial charge in [-0.05, 0) is 94.9 Å². The van der Waals surface area contributed by atoms with E-state index in [1.807, 2.05) is 35.9 Å². The van der Waals surface area contributed by atoms with E-state index in [9.17, 15) is 0 Å². The Hall–Kier alpha value is -6.10. The lowest BCUT2D eigenvalue weighted by Gasteiger charge is -2.10. The van der Waals surface area contributed by atoms with E-state index >= 15 is 0 Å². The molecule has 0 saturated heterocycles. The molecule has 0 aliphatic heterocycles. The highest BCUT2D eigenvalue weighted by molar-refractivity contribution is 7.22. The van der Waals surface area contributed by atoms with Crippen molar-refractivity contribution in [1.82, 2.24) is 14.5 Å². The van der Waals surface area contributed by atoms with Crippen LogP contribution in [-0.4, -0.2) is 14.5 Å². The fourth-order valence-corrected chi connectivity index (χ4v) is 8.09. The van der Waals surface area contributed by atoms with E-state index in [0.717, 1.165) is 49.7 Å². The molecule has 10 rings (SSSR count). The molecule has 0 saturated carbocycles. The van der Waals surface area contributed by atoms with Crippen molar-refractivity contribution in [3.8, 4) is 38.4 Å². The summed E-state index contributed by atoms with van der Waals surface area (Å²) in [4.78, 5) is 10.8. The van der Waals surface area contributed by atoms with Gasteiger partial charge in [-0.25, -0.2) is 0 Å². The van der Waals surface area contributed by atoms with Gasteiger partial charge >= 0.3 is 0 Å². The lowest BCUT2D eigenvalue weighted by atomic mass is 10.0. The monoisotopic (exact) mass is 629 g/mol. The smallest absolute Gasteiger partial charge is 0.0702 e. The first-order valence-corrected chi connectivity index (χ1v) is 16.9. The molecule has 0 N–H and O–H groups in total. The summed E-state index contributed by atoms with van der Waals surface area (Å²) in [5.74, 6) is 0. The van der Waals surface area contributed by atoms with Gasteiger partial charge in [0.05, 0.1) is 22.1 Å². The van der Waals surface area contributed by atoms with Crippen LogP contribution in [0.15, 0.2) is 164 Å². The number of nitrogens with zero attached hydrogens (tertiary/aromatic N) is 3. The SMILES string of the molecule is c1ccc2ncc(-c3ccc4c(c3)c3cc(-c5cnc6ccccc6c5)ccc3n4-c3ccc(-c4cc5ccccc5s4)cc3)cc2c1. The molecule has 4 aromatic heterocycles. The lowest BCUT2D eigenvalue weighted by Crippen LogP contribution is -1.94. The van der Waals surface area contributed by atoms with Gasteiger partial charge in [-0.3, -0.25) is 9.97 Å².